The number of nitrogens with one attached hydrogen (secondary N) is 3. The molecular weight excluding hydrogens is 1510 g/mol. The number of nitriles is 1. The number of benzene rings is 11. The molecule has 0 fully saturated rings. The summed E-state index contributed by atoms with van der Waals surface area (Å²) in [7, 11) is 0. The van der Waals surface area contributed by atoms with Gasteiger partial charge in [-0.1, -0.05) is 55.1 Å². The Morgan fingerprint density at radius 1 is 0.474 bits per heavy atom. The van der Waals surface area contributed by atoms with E-state index in [-0.39, 0.29) is 69.8 Å². The Labute approximate surface area is 665 Å². The van der Waals surface area contributed by atoms with E-state index in [9.17, 15) is 49.5 Å². The van der Waals surface area contributed by atoms with Crippen molar-refractivity contribution in [2.45, 2.75) is 27.7 Å². The average molecular weight is 1590 g/mol. The van der Waals surface area contributed by atoms with Crippen molar-refractivity contribution in [1.82, 2.24) is 15.0 Å². The molecule has 14 aromatic rings. The van der Waals surface area contributed by atoms with E-state index in [1.54, 1.807) is 134 Å². The van der Waals surface area contributed by atoms with Crippen molar-refractivity contribution >= 4 is 148 Å². The number of fused-ring (bicyclic) bond motifs is 3. The number of aliphatic hydroxyl groups excluding tert-OH is 1. The molecule has 0 aliphatic rings. The summed E-state index contributed by atoms with van der Waals surface area (Å²) in [6.45, 7) is 10.7. The molecule has 592 valence electrons. The molecule has 3 heterocycles. The second-order valence-electron chi connectivity index (χ2n) is 23.8. The number of hydrogen-bond donors (Lipinski definition) is 12. The number of aromatic nitrogens is 3. The average Bonchev–Trinajstić information content (AvgIpc) is 1.65. The van der Waals surface area contributed by atoms with Crippen LogP contribution in [0.5, 0.6) is 5.75 Å². The van der Waals surface area contributed by atoms with E-state index >= 15 is 0 Å². The number of anilines is 10. The van der Waals surface area contributed by atoms with Gasteiger partial charge < -0.3 is 84.3 Å². The highest BCUT2D eigenvalue weighted by atomic mass is 35.5. The highest BCUT2D eigenvalue weighted by molar-refractivity contribution is 6.67. The number of amides is 3. The largest absolute Gasteiger partial charge is 0.506 e. The number of halogens is 1. The van der Waals surface area contributed by atoms with Crippen LogP contribution in [0.3, 0.4) is 0 Å². The zero-order valence-electron chi connectivity index (χ0n) is 62.3. The number of aromatic hydroxyl groups is 1. The lowest BCUT2D eigenvalue weighted by Gasteiger charge is -2.10. The standard InChI is InChI=1S/C22H18N4O3.C13H9N3O3.C13H11N3O.C10H12N2O3.C9H8ClNO2.C7H5N3O2.C6H7NO.C2H6O/c1-13(27)24-16-9-6-14(7-10-16)21(28)25-19-12-15(8-11-17(19)23)22-26-18-4-2-3-5-20(18)29-22;14-9-6-5-8(7-11(9)16(17)18)13-15-10-3-1-2-4-12(10)19-13;14-9-6-5-8(7-10(9)15)13-16-11-3-1-2-4-12(11)17-13;1-3-15-7(2)8-4-5-9(11)10(6-8)12(13)14;1-6(12)11-8-4-2-7(3-5-8)9(10)13;8-4-5-1-2-6(9)7(3-5)10(11)12;7-5-3-1-2-4-6(5)8;1-2-3/h2-12H,23H2,1H3,(H,24,27)(H,25,28);1-7H,14H2;1-7H,14-15H2;4-6H,2-3,11H2,1H3;2-5H,1H3,(H,11,12);1-3H,9H2;1-4,8H,7H2;3H,2H2,1H3. The van der Waals surface area contributed by atoms with Crippen LogP contribution in [0.4, 0.5) is 73.9 Å². The van der Waals surface area contributed by atoms with Gasteiger partial charge in [0.2, 0.25) is 29.5 Å². The number of para-hydroxylation sites is 8. The molecule has 0 aliphatic carbocycles. The Balaban J connectivity index is 0.000000192. The van der Waals surface area contributed by atoms with Crippen LogP contribution in [0, 0.1) is 41.7 Å². The van der Waals surface area contributed by atoms with Crippen molar-refractivity contribution < 1.29 is 62.1 Å². The molecule has 0 unspecified atom stereocenters. The van der Waals surface area contributed by atoms with E-state index in [0.29, 0.717) is 114 Å². The number of carbonyl (C=O) groups excluding carboxylic acids is 4. The molecule has 14 rings (SSSR count). The first-order chi connectivity index (χ1) is 55.4. The minimum atomic E-state index is -0.615. The van der Waals surface area contributed by atoms with E-state index in [1.807, 2.05) is 79.7 Å². The number of nitro groups is 3. The predicted molar refractivity (Wildman–Crippen MR) is 448 cm³/mol. The van der Waals surface area contributed by atoms with Gasteiger partial charge in [-0.2, -0.15) is 5.26 Å². The molecule has 0 atom stereocenters. The number of nitro benzene ring substituents is 3. The van der Waals surface area contributed by atoms with Gasteiger partial charge in [0, 0.05) is 83.4 Å². The third-order valence-electron chi connectivity index (χ3n) is 15.3. The molecule has 11 aromatic carbocycles. The first-order valence-corrected chi connectivity index (χ1v) is 34.7. The van der Waals surface area contributed by atoms with Gasteiger partial charge >= 0.3 is 0 Å². The van der Waals surface area contributed by atoms with Gasteiger partial charge in [0.15, 0.2) is 16.7 Å². The maximum atomic E-state index is 12.6. The van der Waals surface area contributed by atoms with Gasteiger partial charge in [0.05, 0.1) is 61.4 Å². The second kappa shape index (κ2) is 42.1. The molecule has 0 spiro atoms. The zero-order valence-corrected chi connectivity index (χ0v) is 63.1. The molecule has 0 saturated carbocycles. The van der Waals surface area contributed by atoms with E-state index in [0.717, 1.165) is 28.2 Å². The van der Waals surface area contributed by atoms with Gasteiger partial charge in [-0.15, -0.1) is 0 Å². The summed E-state index contributed by atoms with van der Waals surface area (Å²) in [4.78, 5) is 88.2. The number of carbonyl (C=O) groups is 4. The molecule has 3 aromatic heterocycles. The number of hydrogen-bond acceptors (Lipinski definition) is 27. The topological polar surface area (TPSA) is 567 Å². The number of rotatable bonds is 14. The van der Waals surface area contributed by atoms with Crippen LogP contribution >= 0.6 is 11.6 Å². The van der Waals surface area contributed by atoms with Crippen LogP contribution in [-0.4, -0.2) is 76.1 Å². The van der Waals surface area contributed by atoms with Crippen molar-refractivity contribution in [2.24, 2.45) is 0 Å². The quantitative estimate of drug-likeness (QED) is 0.0120. The predicted octanol–water partition coefficient (Wildman–Crippen LogP) is 16.2. The summed E-state index contributed by atoms with van der Waals surface area (Å²) in [5.74, 6) is 1.24. The normalized spacial score (nSPS) is 10.0. The van der Waals surface area contributed by atoms with Crippen molar-refractivity contribution in [1.29, 1.82) is 5.26 Å². The maximum absolute atomic E-state index is 12.6. The van der Waals surface area contributed by atoms with E-state index in [1.165, 1.54) is 50.2 Å². The van der Waals surface area contributed by atoms with Crippen LogP contribution in [0.2, 0.25) is 0 Å². The third-order valence-corrected chi connectivity index (χ3v) is 15.5. The first kappa shape index (κ1) is 87.0. The van der Waals surface area contributed by atoms with Crippen LogP contribution in [-0.2, 0) is 14.3 Å². The molecule has 0 saturated heterocycles. The van der Waals surface area contributed by atoms with Crippen LogP contribution < -0.4 is 56.1 Å². The van der Waals surface area contributed by atoms with Gasteiger partial charge in [-0.25, -0.2) is 15.0 Å². The molecule has 0 radical (unpaired) electrons. The molecular formula is C82H76ClN17O16. The van der Waals surface area contributed by atoms with Gasteiger partial charge in [0.25, 0.3) is 28.2 Å². The lowest BCUT2D eigenvalue weighted by Crippen LogP contribution is -2.13. The number of ether oxygens (including phenoxy) is 1. The fraction of sp³-hybridized carbons (Fsp3) is 0.0732. The monoisotopic (exact) mass is 1590 g/mol. The second-order valence-corrected chi connectivity index (χ2v) is 24.1. The Kier molecular flexibility index (Phi) is 31.6. The number of aliphatic hydroxyl groups is 1. The number of nitrogens with two attached hydrogens (primary N) is 7. The summed E-state index contributed by atoms with van der Waals surface area (Å²) >= 11 is 5.23. The minimum Gasteiger partial charge on any atom is -0.506 e. The molecule has 34 heteroatoms. The number of nitrogen functional groups attached to an aromatic ring is 7. The number of oxazole rings is 3. The number of nitrogens with zero attached hydrogens (tertiary/aromatic N) is 7. The first-order valence-electron chi connectivity index (χ1n) is 34.3. The Morgan fingerprint density at radius 2 is 0.853 bits per heavy atom. The van der Waals surface area contributed by atoms with E-state index < -0.39 is 20.0 Å². The Bertz CT molecular complexity index is 5770. The maximum Gasteiger partial charge on any atom is 0.293 e. The molecule has 0 bridgehead atoms. The Hall–Kier alpha value is -16.2. The highest BCUT2D eigenvalue weighted by Gasteiger charge is 2.19. The van der Waals surface area contributed by atoms with Gasteiger partial charge in [0.1, 0.15) is 45.1 Å². The molecule has 19 N–H and O–H groups in total. The summed E-state index contributed by atoms with van der Waals surface area (Å²) < 4.78 is 22.1. The van der Waals surface area contributed by atoms with E-state index in [4.69, 9.17) is 85.2 Å². The minimum absolute atomic E-state index is 0.0685. The molecule has 33 nitrogen and oxygen atoms in total. The molecule has 3 amide bonds. The summed E-state index contributed by atoms with van der Waals surface area (Å²) in [6, 6.07) is 67.2. The van der Waals surface area contributed by atoms with Gasteiger partial charge in [-0.3, -0.25) is 49.5 Å². The summed E-state index contributed by atoms with van der Waals surface area (Å²) in [5.41, 5.74) is 50.6. The van der Waals surface area contributed by atoms with Crippen molar-refractivity contribution in [3.05, 3.63) is 296 Å². The van der Waals surface area contributed by atoms with Crippen molar-refractivity contribution in [2.75, 3.05) is 69.3 Å². The lowest BCUT2D eigenvalue weighted by atomic mass is 10.1. The SMILES string of the molecule is C=C(OCC)c1ccc(N)c([N+](=O)[O-])c1.CC(=O)Nc1ccc(C(=O)Cl)cc1.CC(=O)Nc1ccc(C(=O)Nc2cc(-c3nc4ccccc4o3)ccc2N)cc1.CCO.N#Cc1ccc(N)c([N+](=O)[O-])c1.Nc1ccc(-c2nc3ccccc3o2)cc1N.Nc1ccc(-c2nc3ccccc3o2)cc1[N+](=O)[O-].Nc1ccccc1O. The smallest absolute Gasteiger partial charge is 0.293 e. The van der Waals surface area contributed by atoms with Crippen molar-refractivity contribution in [3.8, 4) is 46.2 Å². The Morgan fingerprint density at radius 3 is 1.26 bits per heavy atom. The number of phenols is 1. The fourth-order valence-electron chi connectivity index (χ4n) is 9.71. The summed E-state index contributed by atoms with van der Waals surface area (Å²) in [5, 5.41) is 64.1. The lowest BCUT2D eigenvalue weighted by molar-refractivity contribution is -0.384. The third kappa shape index (κ3) is 25.4. The molecule has 116 heavy (non-hydrogen) atoms. The number of phenolic OH excluding ortho intramolecular Hbond substituents is 1. The van der Waals surface area contributed by atoms with Crippen LogP contribution in [0.25, 0.3) is 73.4 Å². The van der Waals surface area contributed by atoms with Crippen molar-refractivity contribution in [3.63, 3.8) is 0 Å². The fourth-order valence-corrected chi connectivity index (χ4v) is 9.84. The van der Waals surface area contributed by atoms with Gasteiger partial charge in [-0.05, 0) is 195 Å². The zero-order chi connectivity index (χ0) is 84.7. The van der Waals surface area contributed by atoms with Crippen LogP contribution in [0.1, 0.15) is 59.5 Å². The van der Waals surface area contributed by atoms with Crippen LogP contribution in [0.15, 0.2) is 256 Å². The molecule has 0 aliphatic heterocycles. The van der Waals surface area contributed by atoms with E-state index in [2.05, 4.69) is 37.5 Å². The summed E-state index contributed by atoms with van der Waals surface area (Å²) in [6.07, 6.45) is 0. The highest BCUT2D eigenvalue weighted by Crippen LogP contribution is 2.34.